The van der Waals surface area contributed by atoms with E-state index in [1.807, 2.05) is 11.1 Å². The molecule has 0 spiro atoms. The summed E-state index contributed by atoms with van der Waals surface area (Å²) in [5.41, 5.74) is 3.47. The van der Waals surface area contributed by atoms with E-state index in [2.05, 4.69) is 29.9 Å². The minimum atomic E-state index is 0.233. The molecule has 1 amide bonds. The van der Waals surface area contributed by atoms with Crippen LogP contribution in [-0.4, -0.2) is 20.8 Å². The monoisotopic (exact) mass is 299 g/mol. The van der Waals surface area contributed by atoms with Gasteiger partial charge in [0.15, 0.2) is 0 Å². The number of rotatable bonds is 4. The molecule has 1 aliphatic heterocycles. The van der Waals surface area contributed by atoms with Crippen molar-refractivity contribution in [1.82, 2.24) is 14.9 Å². The van der Waals surface area contributed by atoms with Gasteiger partial charge in [-0.1, -0.05) is 25.5 Å². The Balaban J connectivity index is 1.63. The van der Waals surface area contributed by atoms with Gasteiger partial charge in [0.1, 0.15) is 5.82 Å². The summed E-state index contributed by atoms with van der Waals surface area (Å²) in [6.45, 7) is 5.66. The van der Waals surface area contributed by atoms with Gasteiger partial charge in [-0.2, -0.15) is 0 Å². The van der Waals surface area contributed by atoms with Crippen LogP contribution in [0.5, 0.6) is 0 Å². The predicted octanol–water partition coefficient (Wildman–Crippen LogP) is 3.41. The summed E-state index contributed by atoms with van der Waals surface area (Å²) >= 11 is 0. The van der Waals surface area contributed by atoms with E-state index in [1.165, 1.54) is 18.4 Å². The third-order valence-corrected chi connectivity index (χ3v) is 4.41. The predicted molar refractivity (Wildman–Crippen MR) is 86.0 cm³/mol. The van der Waals surface area contributed by atoms with Crippen LogP contribution >= 0.6 is 0 Å². The molecule has 0 fully saturated rings. The Morgan fingerprint density at radius 1 is 1.32 bits per heavy atom. The fraction of sp³-hybridized carbons (Fsp3) is 0.611. The van der Waals surface area contributed by atoms with E-state index in [9.17, 15) is 4.79 Å². The van der Waals surface area contributed by atoms with Crippen LogP contribution in [0, 0.1) is 5.92 Å². The van der Waals surface area contributed by atoms with Crippen molar-refractivity contribution in [3.8, 4) is 0 Å². The Morgan fingerprint density at radius 2 is 2.18 bits per heavy atom. The molecule has 0 unspecified atom stereocenters. The highest BCUT2D eigenvalue weighted by atomic mass is 16.2. The maximum absolute atomic E-state index is 12.5. The molecule has 118 valence electrons. The summed E-state index contributed by atoms with van der Waals surface area (Å²) in [7, 11) is 0. The minimum Gasteiger partial charge on any atom is -0.332 e. The van der Waals surface area contributed by atoms with Gasteiger partial charge in [-0.05, 0) is 31.6 Å². The van der Waals surface area contributed by atoms with E-state index < -0.39 is 0 Å². The summed E-state index contributed by atoms with van der Waals surface area (Å²) < 4.78 is 0. The Bertz CT molecular complexity index is 592. The molecule has 22 heavy (non-hydrogen) atoms. The highest BCUT2D eigenvalue weighted by molar-refractivity contribution is 5.79. The molecule has 2 aliphatic rings. The number of aromatic nitrogens is 2. The van der Waals surface area contributed by atoms with Crippen molar-refractivity contribution < 1.29 is 4.79 Å². The Labute approximate surface area is 132 Å². The molecule has 0 radical (unpaired) electrons. The zero-order valence-corrected chi connectivity index (χ0v) is 13.6. The fourth-order valence-electron chi connectivity index (χ4n) is 3.21. The van der Waals surface area contributed by atoms with Gasteiger partial charge < -0.3 is 4.90 Å². The first-order valence-electron chi connectivity index (χ1n) is 8.41. The average molecular weight is 299 g/mol. The number of fused-ring (bicyclic) bond motifs is 1. The lowest BCUT2D eigenvalue weighted by Crippen LogP contribution is -2.25. The highest BCUT2D eigenvalue weighted by Crippen LogP contribution is 2.25. The first kappa shape index (κ1) is 15.2. The van der Waals surface area contributed by atoms with Crippen LogP contribution in [0.3, 0.4) is 0 Å². The molecule has 3 rings (SSSR count). The van der Waals surface area contributed by atoms with Gasteiger partial charge in [-0.25, -0.2) is 9.97 Å². The standard InChI is InChI=1S/C18H25N3O/c1-13(2)8-17-19-10-15-11-21(12-16(15)20-17)18(22)9-14-6-4-3-5-7-14/h6,10,13H,3-5,7-9,11-12H2,1-2H3. The molecule has 0 aromatic carbocycles. The minimum absolute atomic E-state index is 0.233. The average Bonchev–Trinajstić information content (AvgIpc) is 2.91. The first-order chi connectivity index (χ1) is 10.6. The van der Waals surface area contributed by atoms with Crippen molar-refractivity contribution in [2.45, 2.75) is 65.5 Å². The van der Waals surface area contributed by atoms with E-state index >= 15 is 0 Å². The maximum atomic E-state index is 12.5. The Morgan fingerprint density at radius 3 is 2.91 bits per heavy atom. The maximum Gasteiger partial charge on any atom is 0.227 e. The number of carbonyl (C=O) groups excluding carboxylic acids is 1. The summed E-state index contributed by atoms with van der Waals surface area (Å²) in [5.74, 6) is 1.69. The quantitative estimate of drug-likeness (QED) is 0.800. The molecule has 1 aromatic rings. The summed E-state index contributed by atoms with van der Waals surface area (Å²) in [6, 6.07) is 0. The molecule has 0 atom stereocenters. The molecule has 0 bridgehead atoms. The van der Waals surface area contributed by atoms with E-state index in [1.54, 1.807) is 0 Å². The normalized spacial score (nSPS) is 17.6. The molecular formula is C18H25N3O. The number of hydrogen-bond donors (Lipinski definition) is 0. The fourth-order valence-corrected chi connectivity index (χ4v) is 3.21. The number of allylic oxidation sites excluding steroid dienone is 1. The van der Waals surface area contributed by atoms with Crippen molar-refractivity contribution in [2.24, 2.45) is 5.92 Å². The lowest BCUT2D eigenvalue weighted by atomic mass is 9.97. The van der Waals surface area contributed by atoms with Gasteiger partial charge >= 0.3 is 0 Å². The topological polar surface area (TPSA) is 46.1 Å². The van der Waals surface area contributed by atoms with Crippen LogP contribution in [0.2, 0.25) is 0 Å². The van der Waals surface area contributed by atoms with Gasteiger partial charge in [0.2, 0.25) is 5.91 Å². The molecule has 1 aromatic heterocycles. The Kier molecular flexibility index (Phi) is 4.55. The zero-order chi connectivity index (χ0) is 15.5. The van der Waals surface area contributed by atoms with Crippen molar-refractivity contribution in [1.29, 1.82) is 0 Å². The van der Waals surface area contributed by atoms with Gasteiger partial charge in [-0.3, -0.25) is 4.79 Å². The molecule has 0 saturated carbocycles. The highest BCUT2D eigenvalue weighted by Gasteiger charge is 2.25. The second-order valence-corrected chi connectivity index (χ2v) is 6.89. The number of nitrogens with zero attached hydrogens (tertiary/aromatic N) is 3. The summed E-state index contributed by atoms with van der Waals surface area (Å²) in [4.78, 5) is 23.5. The van der Waals surface area contributed by atoms with Crippen LogP contribution < -0.4 is 0 Å². The Hall–Kier alpha value is -1.71. The molecule has 0 saturated heterocycles. The van der Waals surface area contributed by atoms with Gasteiger partial charge in [-0.15, -0.1) is 0 Å². The third-order valence-electron chi connectivity index (χ3n) is 4.41. The molecular weight excluding hydrogens is 274 g/mol. The van der Waals surface area contributed by atoms with Gasteiger partial charge in [0.25, 0.3) is 0 Å². The van der Waals surface area contributed by atoms with E-state index in [4.69, 9.17) is 0 Å². The largest absolute Gasteiger partial charge is 0.332 e. The van der Waals surface area contributed by atoms with Crippen molar-refractivity contribution in [3.63, 3.8) is 0 Å². The van der Waals surface area contributed by atoms with E-state index in [0.29, 0.717) is 25.4 Å². The van der Waals surface area contributed by atoms with Crippen LogP contribution in [-0.2, 0) is 24.3 Å². The SMILES string of the molecule is CC(C)Cc1ncc2c(n1)CN(C(=O)CC1=CCCCC1)C2. The summed E-state index contributed by atoms with van der Waals surface area (Å²) in [5, 5.41) is 0. The smallest absolute Gasteiger partial charge is 0.227 e. The molecule has 4 heteroatoms. The lowest BCUT2D eigenvalue weighted by molar-refractivity contribution is -0.131. The van der Waals surface area contributed by atoms with Crippen molar-refractivity contribution >= 4 is 5.91 Å². The number of amides is 1. The molecule has 1 aliphatic carbocycles. The van der Waals surface area contributed by atoms with Crippen LogP contribution in [0.4, 0.5) is 0 Å². The van der Waals surface area contributed by atoms with Crippen LogP contribution in [0.15, 0.2) is 17.8 Å². The van der Waals surface area contributed by atoms with Gasteiger partial charge in [0, 0.05) is 31.1 Å². The second-order valence-electron chi connectivity index (χ2n) is 6.89. The van der Waals surface area contributed by atoms with Crippen molar-refractivity contribution in [2.75, 3.05) is 0 Å². The van der Waals surface area contributed by atoms with E-state index in [-0.39, 0.29) is 5.91 Å². The van der Waals surface area contributed by atoms with Crippen LogP contribution in [0.1, 0.15) is 63.0 Å². The second kappa shape index (κ2) is 6.59. The summed E-state index contributed by atoms with van der Waals surface area (Å²) in [6.07, 6.45) is 10.4. The number of carbonyl (C=O) groups is 1. The van der Waals surface area contributed by atoms with Crippen LogP contribution in [0.25, 0.3) is 0 Å². The third kappa shape index (κ3) is 3.54. The lowest BCUT2D eigenvalue weighted by Gasteiger charge is -2.18. The van der Waals surface area contributed by atoms with Crippen molar-refractivity contribution in [3.05, 3.63) is 34.9 Å². The van der Waals surface area contributed by atoms with Gasteiger partial charge in [0.05, 0.1) is 12.2 Å². The number of hydrogen-bond acceptors (Lipinski definition) is 3. The zero-order valence-electron chi connectivity index (χ0n) is 13.6. The molecule has 2 heterocycles. The molecule has 4 nitrogen and oxygen atoms in total. The first-order valence-corrected chi connectivity index (χ1v) is 8.41. The van der Waals surface area contributed by atoms with E-state index in [0.717, 1.165) is 36.3 Å². The molecule has 0 N–H and O–H groups in total.